The Balaban J connectivity index is 2.04. The van der Waals surface area contributed by atoms with E-state index in [1.165, 1.54) is 0 Å². The van der Waals surface area contributed by atoms with Crippen LogP contribution in [0.15, 0.2) is 28.7 Å². The molecule has 2 N–H and O–H groups in total. The molecule has 1 aliphatic carbocycles. The van der Waals surface area contributed by atoms with Gasteiger partial charge in [-0.05, 0) is 39.6 Å². The van der Waals surface area contributed by atoms with Crippen LogP contribution in [-0.2, 0) is 11.3 Å². The number of nitrogens with two attached hydrogens (primary N) is 1. The SMILES string of the molecule is Cc1ccc(CN(CCN(C)C)C(=O)C2C=CC(N)C2)o1. The van der Waals surface area contributed by atoms with E-state index in [2.05, 4.69) is 4.90 Å². The second kappa shape index (κ2) is 6.91. The van der Waals surface area contributed by atoms with Gasteiger partial charge >= 0.3 is 0 Å². The van der Waals surface area contributed by atoms with Gasteiger partial charge in [-0.15, -0.1) is 0 Å². The summed E-state index contributed by atoms with van der Waals surface area (Å²) in [5.41, 5.74) is 5.86. The summed E-state index contributed by atoms with van der Waals surface area (Å²) in [5.74, 6) is 1.73. The molecular weight excluding hydrogens is 266 g/mol. The zero-order valence-electron chi connectivity index (χ0n) is 13.1. The number of furan rings is 1. The first kappa shape index (κ1) is 15.8. The lowest BCUT2D eigenvalue weighted by molar-refractivity contribution is -0.135. The van der Waals surface area contributed by atoms with Crippen molar-refractivity contribution in [2.45, 2.75) is 25.9 Å². The molecule has 0 aliphatic heterocycles. The van der Waals surface area contributed by atoms with Gasteiger partial charge in [0, 0.05) is 19.1 Å². The zero-order chi connectivity index (χ0) is 15.4. The van der Waals surface area contributed by atoms with Gasteiger partial charge in [0.05, 0.1) is 12.5 Å². The van der Waals surface area contributed by atoms with Crippen LogP contribution in [0.3, 0.4) is 0 Å². The third-order valence-electron chi connectivity index (χ3n) is 3.71. The first-order chi connectivity index (χ1) is 9.95. The number of hydrogen-bond donors (Lipinski definition) is 1. The summed E-state index contributed by atoms with van der Waals surface area (Å²) in [7, 11) is 4.01. The lowest BCUT2D eigenvalue weighted by atomic mass is 10.1. The predicted octanol–water partition coefficient (Wildman–Crippen LogP) is 1.38. The fraction of sp³-hybridized carbons (Fsp3) is 0.562. The second-order valence-corrected chi connectivity index (χ2v) is 5.97. The van der Waals surface area contributed by atoms with E-state index in [4.69, 9.17) is 10.2 Å². The Morgan fingerprint density at radius 1 is 1.33 bits per heavy atom. The first-order valence-corrected chi connectivity index (χ1v) is 7.38. The average molecular weight is 291 g/mol. The third kappa shape index (κ3) is 4.44. The molecular formula is C16H25N3O2. The lowest BCUT2D eigenvalue weighted by Crippen LogP contribution is -2.39. The van der Waals surface area contributed by atoms with Crippen LogP contribution in [-0.4, -0.2) is 48.9 Å². The van der Waals surface area contributed by atoms with Crippen molar-refractivity contribution in [3.8, 4) is 0 Å². The van der Waals surface area contributed by atoms with Crippen LogP contribution < -0.4 is 5.73 Å². The third-order valence-corrected chi connectivity index (χ3v) is 3.71. The van der Waals surface area contributed by atoms with E-state index in [-0.39, 0.29) is 17.9 Å². The van der Waals surface area contributed by atoms with Crippen molar-refractivity contribution >= 4 is 5.91 Å². The molecule has 1 aliphatic rings. The average Bonchev–Trinajstić information content (AvgIpc) is 3.02. The number of hydrogen-bond acceptors (Lipinski definition) is 4. The monoisotopic (exact) mass is 291 g/mol. The molecule has 0 saturated heterocycles. The topological polar surface area (TPSA) is 62.7 Å². The van der Waals surface area contributed by atoms with Crippen molar-refractivity contribution in [2.75, 3.05) is 27.2 Å². The van der Waals surface area contributed by atoms with Crippen LogP contribution in [0.25, 0.3) is 0 Å². The molecule has 1 amide bonds. The van der Waals surface area contributed by atoms with E-state index in [9.17, 15) is 4.79 Å². The molecule has 1 heterocycles. The molecule has 5 nitrogen and oxygen atoms in total. The highest BCUT2D eigenvalue weighted by molar-refractivity contribution is 5.81. The molecule has 0 aromatic carbocycles. The summed E-state index contributed by atoms with van der Waals surface area (Å²) in [4.78, 5) is 16.6. The Hall–Kier alpha value is -1.59. The maximum absolute atomic E-state index is 12.7. The van der Waals surface area contributed by atoms with E-state index in [0.717, 1.165) is 18.1 Å². The highest BCUT2D eigenvalue weighted by atomic mass is 16.3. The highest BCUT2D eigenvalue weighted by Crippen LogP contribution is 2.20. The van der Waals surface area contributed by atoms with Crippen molar-refractivity contribution in [1.82, 2.24) is 9.80 Å². The smallest absolute Gasteiger partial charge is 0.230 e. The molecule has 21 heavy (non-hydrogen) atoms. The molecule has 5 heteroatoms. The van der Waals surface area contributed by atoms with E-state index in [0.29, 0.717) is 19.5 Å². The zero-order valence-corrected chi connectivity index (χ0v) is 13.1. The normalized spacial score (nSPS) is 21.2. The fourth-order valence-electron chi connectivity index (χ4n) is 2.49. The Bertz CT molecular complexity index is 507. The van der Waals surface area contributed by atoms with Crippen molar-refractivity contribution < 1.29 is 9.21 Å². The van der Waals surface area contributed by atoms with Gasteiger partial charge in [-0.1, -0.05) is 12.2 Å². The molecule has 2 atom stereocenters. The van der Waals surface area contributed by atoms with Gasteiger partial charge in [0.25, 0.3) is 0 Å². The summed E-state index contributed by atoms with van der Waals surface area (Å²) >= 11 is 0. The van der Waals surface area contributed by atoms with Crippen molar-refractivity contribution in [1.29, 1.82) is 0 Å². The largest absolute Gasteiger partial charge is 0.464 e. The summed E-state index contributed by atoms with van der Waals surface area (Å²) < 4.78 is 5.60. The molecule has 0 saturated carbocycles. The Kier molecular flexibility index (Phi) is 5.20. The van der Waals surface area contributed by atoms with Crippen molar-refractivity contribution in [2.24, 2.45) is 11.7 Å². The maximum Gasteiger partial charge on any atom is 0.230 e. The minimum atomic E-state index is -0.0989. The molecule has 116 valence electrons. The van der Waals surface area contributed by atoms with Crippen molar-refractivity contribution in [3.63, 3.8) is 0 Å². The van der Waals surface area contributed by atoms with Gasteiger partial charge in [-0.3, -0.25) is 4.79 Å². The van der Waals surface area contributed by atoms with E-state index >= 15 is 0 Å². The molecule has 0 bridgehead atoms. The van der Waals surface area contributed by atoms with Gasteiger partial charge in [0.15, 0.2) is 0 Å². The maximum atomic E-state index is 12.7. The van der Waals surface area contributed by atoms with Gasteiger partial charge in [0.2, 0.25) is 5.91 Å². The van der Waals surface area contributed by atoms with E-state index < -0.39 is 0 Å². The number of carbonyl (C=O) groups is 1. The first-order valence-electron chi connectivity index (χ1n) is 7.38. The molecule has 1 aromatic rings. The fourth-order valence-corrected chi connectivity index (χ4v) is 2.49. The van der Waals surface area contributed by atoms with Crippen LogP contribution in [0.5, 0.6) is 0 Å². The van der Waals surface area contributed by atoms with Crippen LogP contribution >= 0.6 is 0 Å². The molecule has 0 spiro atoms. The number of aryl methyl sites for hydroxylation is 1. The molecule has 1 aromatic heterocycles. The number of nitrogens with zero attached hydrogens (tertiary/aromatic N) is 2. The molecule has 0 radical (unpaired) electrons. The molecule has 2 rings (SSSR count). The Morgan fingerprint density at radius 3 is 2.62 bits per heavy atom. The van der Waals surface area contributed by atoms with Gasteiger partial charge < -0.3 is 20.0 Å². The van der Waals surface area contributed by atoms with Crippen LogP contribution in [0.4, 0.5) is 0 Å². The van der Waals surface area contributed by atoms with Crippen LogP contribution in [0.1, 0.15) is 17.9 Å². The second-order valence-electron chi connectivity index (χ2n) is 5.97. The summed E-state index contributed by atoms with van der Waals surface area (Å²) in [6.07, 6.45) is 4.56. The summed E-state index contributed by atoms with van der Waals surface area (Å²) in [5, 5.41) is 0. The molecule has 2 unspecified atom stereocenters. The highest BCUT2D eigenvalue weighted by Gasteiger charge is 2.27. The number of amides is 1. The van der Waals surface area contributed by atoms with Gasteiger partial charge in [0.1, 0.15) is 11.5 Å². The van der Waals surface area contributed by atoms with Gasteiger partial charge in [-0.2, -0.15) is 0 Å². The molecule has 0 fully saturated rings. The quantitative estimate of drug-likeness (QED) is 0.804. The van der Waals surface area contributed by atoms with E-state index in [1.54, 1.807) is 0 Å². The summed E-state index contributed by atoms with van der Waals surface area (Å²) in [6.45, 7) is 3.94. The lowest BCUT2D eigenvalue weighted by Gasteiger charge is -2.26. The van der Waals surface area contributed by atoms with Crippen molar-refractivity contribution in [3.05, 3.63) is 35.8 Å². The van der Waals surface area contributed by atoms with Crippen LogP contribution in [0.2, 0.25) is 0 Å². The standard InChI is InChI=1S/C16H25N3O2/c1-12-4-7-15(21-12)11-19(9-8-18(2)3)16(20)13-5-6-14(17)10-13/h4-7,13-14H,8-11,17H2,1-3H3. The Morgan fingerprint density at radius 2 is 2.10 bits per heavy atom. The number of carbonyl (C=O) groups excluding carboxylic acids is 1. The minimum Gasteiger partial charge on any atom is -0.464 e. The minimum absolute atomic E-state index is 0.000469. The number of likely N-dealkylation sites (N-methyl/N-ethyl adjacent to an activating group) is 1. The van der Waals surface area contributed by atoms with E-state index in [1.807, 2.05) is 50.2 Å². The van der Waals surface area contributed by atoms with Crippen LogP contribution in [0, 0.1) is 12.8 Å². The summed E-state index contributed by atoms with van der Waals surface area (Å²) in [6, 6.07) is 3.86. The number of rotatable bonds is 6. The Labute approximate surface area is 126 Å². The van der Waals surface area contributed by atoms with Gasteiger partial charge in [-0.25, -0.2) is 0 Å². The predicted molar refractivity (Wildman–Crippen MR) is 82.6 cm³/mol.